The average Bonchev–Trinajstić information content (AvgIpc) is 3.03. The van der Waals surface area contributed by atoms with Gasteiger partial charge in [0, 0.05) is 31.9 Å². The molecule has 0 bridgehead atoms. The second kappa shape index (κ2) is 5.38. The lowest BCUT2D eigenvalue weighted by Gasteiger charge is -2.23. The lowest BCUT2D eigenvalue weighted by molar-refractivity contribution is -0.149. The van der Waals surface area contributed by atoms with Gasteiger partial charge < -0.3 is 10.4 Å². The fourth-order valence-electron chi connectivity index (χ4n) is 3.68. The zero-order valence-corrected chi connectivity index (χ0v) is 12.8. The van der Waals surface area contributed by atoms with Gasteiger partial charge in [-0.2, -0.15) is 0 Å². The summed E-state index contributed by atoms with van der Waals surface area (Å²) < 4.78 is 0. The second-order valence-corrected chi connectivity index (χ2v) is 6.90. The normalized spacial score (nSPS) is 28.5. The molecule has 2 fully saturated rings. The summed E-state index contributed by atoms with van der Waals surface area (Å²) in [5.41, 5.74) is 0.348. The number of amides is 1. The number of carboxylic acids is 1. The predicted octanol–water partition coefficient (Wildman–Crippen LogP) is 1.79. The standard InChI is InChI=1S/C14H19N3O3S/c1-9(18)15-13-16-11(7-21-13)6-17-5-10-3-2-4-14(10,8-17)12(19)20/h7,10H,2-6,8H2,1H3,(H,19,20)(H,15,16,18)/t10-,14+/m0/s1. The molecule has 7 heteroatoms. The molecule has 6 nitrogen and oxygen atoms in total. The molecule has 1 aromatic heterocycles. The molecule has 2 N–H and O–H groups in total. The number of thiazole rings is 1. The van der Waals surface area contributed by atoms with Gasteiger partial charge in [0.1, 0.15) is 0 Å². The first-order valence-corrected chi connectivity index (χ1v) is 8.05. The molecule has 2 aliphatic rings. The number of likely N-dealkylation sites (tertiary alicyclic amines) is 1. The zero-order chi connectivity index (χ0) is 15.0. The van der Waals surface area contributed by atoms with Crippen molar-refractivity contribution in [2.45, 2.75) is 32.7 Å². The van der Waals surface area contributed by atoms with Crippen molar-refractivity contribution in [3.05, 3.63) is 11.1 Å². The van der Waals surface area contributed by atoms with Crippen molar-refractivity contribution < 1.29 is 14.7 Å². The summed E-state index contributed by atoms with van der Waals surface area (Å²) in [5.74, 6) is -0.510. The van der Waals surface area contributed by atoms with Crippen LogP contribution < -0.4 is 5.32 Å². The number of carbonyl (C=O) groups is 2. The van der Waals surface area contributed by atoms with E-state index in [-0.39, 0.29) is 11.8 Å². The number of carbonyl (C=O) groups excluding carboxylic acids is 1. The van der Waals surface area contributed by atoms with Crippen LogP contribution in [0.4, 0.5) is 5.13 Å². The maximum atomic E-state index is 11.6. The van der Waals surface area contributed by atoms with Crippen molar-refractivity contribution in [3.63, 3.8) is 0 Å². The van der Waals surface area contributed by atoms with E-state index in [4.69, 9.17) is 0 Å². The summed E-state index contributed by atoms with van der Waals surface area (Å²) in [7, 11) is 0. The minimum Gasteiger partial charge on any atom is -0.481 e. The molecule has 2 heterocycles. The van der Waals surface area contributed by atoms with E-state index in [1.807, 2.05) is 5.38 Å². The molecule has 1 saturated carbocycles. The number of anilines is 1. The molecule has 0 radical (unpaired) electrons. The molecule has 1 amide bonds. The van der Waals surface area contributed by atoms with E-state index in [0.29, 0.717) is 18.2 Å². The van der Waals surface area contributed by atoms with Crippen molar-refractivity contribution in [1.82, 2.24) is 9.88 Å². The second-order valence-electron chi connectivity index (χ2n) is 6.05. The molecule has 2 atom stereocenters. The number of fused-ring (bicyclic) bond motifs is 1. The smallest absolute Gasteiger partial charge is 0.311 e. The molecule has 0 spiro atoms. The van der Waals surface area contributed by atoms with Gasteiger partial charge in [-0.05, 0) is 18.8 Å². The van der Waals surface area contributed by atoms with E-state index < -0.39 is 11.4 Å². The maximum absolute atomic E-state index is 11.6. The largest absolute Gasteiger partial charge is 0.481 e. The third kappa shape index (κ3) is 2.67. The lowest BCUT2D eigenvalue weighted by Crippen LogP contribution is -2.35. The summed E-state index contributed by atoms with van der Waals surface area (Å²) in [5, 5.41) is 14.8. The van der Waals surface area contributed by atoms with Crippen LogP contribution in [0.3, 0.4) is 0 Å². The third-order valence-corrected chi connectivity index (χ3v) is 5.39. The van der Waals surface area contributed by atoms with E-state index in [0.717, 1.165) is 31.5 Å². The zero-order valence-electron chi connectivity index (χ0n) is 12.0. The van der Waals surface area contributed by atoms with Crippen LogP contribution in [-0.2, 0) is 16.1 Å². The highest BCUT2D eigenvalue weighted by molar-refractivity contribution is 7.13. The SMILES string of the molecule is CC(=O)Nc1nc(CN2C[C@@H]3CCC[C@@]3(C(=O)O)C2)cs1. The van der Waals surface area contributed by atoms with Gasteiger partial charge in [0.15, 0.2) is 5.13 Å². The van der Waals surface area contributed by atoms with Gasteiger partial charge in [-0.1, -0.05) is 6.42 Å². The quantitative estimate of drug-likeness (QED) is 0.886. The Labute approximate surface area is 127 Å². The number of hydrogen-bond acceptors (Lipinski definition) is 5. The Morgan fingerprint density at radius 2 is 2.43 bits per heavy atom. The van der Waals surface area contributed by atoms with Crippen LogP contribution >= 0.6 is 11.3 Å². The van der Waals surface area contributed by atoms with Crippen molar-refractivity contribution in [2.75, 3.05) is 18.4 Å². The van der Waals surface area contributed by atoms with Gasteiger partial charge in [-0.3, -0.25) is 14.5 Å². The number of nitrogens with one attached hydrogen (secondary N) is 1. The summed E-state index contributed by atoms with van der Waals surface area (Å²) >= 11 is 1.40. The molecule has 3 rings (SSSR count). The Morgan fingerprint density at radius 3 is 3.10 bits per heavy atom. The van der Waals surface area contributed by atoms with Gasteiger partial charge in [-0.25, -0.2) is 4.98 Å². The number of aliphatic carboxylic acids is 1. The lowest BCUT2D eigenvalue weighted by atomic mass is 9.81. The Balaban J connectivity index is 1.66. The van der Waals surface area contributed by atoms with Crippen molar-refractivity contribution in [1.29, 1.82) is 0 Å². The van der Waals surface area contributed by atoms with E-state index >= 15 is 0 Å². The maximum Gasteiger partial charge on any atom is 0.311 e. The molecule has 1 aromatic rings. The highest BCUT2D eigenvalue weighted by Crippen LogP contribution is 2.49. The minimum atomic E-state index is -0.648. The van der Waals surface area contributed by atoms with Gasteiger partial charge >= 0.3 is 5.97 Å². The highest BCUT2D eigenvalue weighted by atomic mass is 32.1. The molecule has 0 unspecified atom stereocenters. The van der Waals surface area contributed by atoms with Crippen LogP contribution in [0.1, 0.15) is 31.9 Å². The molecular weight excluding hydrogens is 290 g/mol. The molecule has 1 saturated heterocycles. The highest BCUT2D eigenvalue weighted by Gasteiger charge is 2.54. The first-order chi connectivity index (χ1) is 9.99. The fraction of sp³-hybridized carbons (Fsp3) is 0.643. The van der Waals surface area contributed by atoms with Crippen LogP contribution in [-0.4, -0.2) is 40.0 Å². The number of carboxylic acid groups (broad SMARTS) is 1. The monoisotopic (exact) mass is 309 g/mol. The van der Waals surface area contributed by atoms with Crippen LogP contribution in [0.5, 0.6) is 0 Å². The topological polar surface area (TPSA) is 82.5 Å². The minimum absolute atomic E-state index is 0.128. The molecule has 1 aliphatic heterocycles. The molecule has 1 aliphatic carbocycles. The van der Waals surface area contributed by atoms with Gasteiger partial charge in [-0.15, -0.1) is 11.3 Å². The molecule has 114 valence electrons. The molecule has 21 heavy (non-hydrogen) atoms. The summed E-state index contributed by atoms with van der Waals surface area (Å²) in [6.07, 6.45) is 2.82. The van der Waals surface area contributed by atoms with Gasteiger partial charge in [0.05, 0.1) is 11.1 Å². The van der Waals surface area contributed by atoms with Crippen molar-refractivity contribution >= 4 is 28.3 Å². The molecule has 0 aromatic carbocycles. The van der Waals surface area contributed by atoms with E-state index in [1.165, 1.54) is 18.3 Å². The van der Waals surface area contributed by atoms with Crippen molar-refractivity contribution in [2.24, 2.45) is 11.3 Å². The van der Waals surface area contributed by atoms with E-state index in [2.05, 4.69) is 15.2 Å². The van der Waals surface area contributed by atoms with Crippen LogP contribution in [0, 0.1) is 11.3 Å². The number of hydrogen-bond donors (Lipinski definition) is 2. The first-order valence-electron chi connectivity index (χ1n) is 7.17. The van der Waals surface area contributed by atoms with Crippen LogP contribution in [0.2, 0.25) is 0 Å². The Hall–Kier alpha value is -1.47. The van der Waals surface area contributed by atoms with E-state index in [9.17, 15) is 14.7 Å². The van der Waals surface area contributed by atoms with Gasteiger partial charge in [0.2, 0.25) is 5.91 Å². The Morgan fingerprint density at radius 1 is 1.62 bits per heavy atom. The Bertz CT molecular complexity index is 574. The fourth-order valence-corrected chi connectivity index (χ4v) is 4.43. The van der Waals surface area contributed by atoms with E-state index in [1.54, 1.807) is 0 Å². The predicted molar refractivity (Wildman–Crippen MR) is 79.1 cm³/mol. The third-order valence-electron chi connectivity index (χ3n) is 4.59. The summed E-state index contributed by atoms with van der Waals surface area (Å²) in [6.45, 7) is 3.56. The summed E-state index contributed by atoms with van der Waals surface area (Å²) in [6, 6.07) is 0. The number of aromatic nitrogens is 1. The summed E-state index contributed by atoms with van der Waals surface area (Å²) in [4.78, 5) is 29.2. The average molecular weight is 309 g/mol. The number of nitrogens with zero attached hydrogens (tertiary/aromatic N) is 2. The van der Waals surface area contributed by atoms with Gasteiger partial charge in [0.25, 0.3) is 0 Å². The molecular formula is C14H19N3O3S. The van der Waals surface area contributed by atoms with Crippen LogP contribution in [0.15, 0.2) is 5.38 Å². The number of rotatable bonds is 4. The van der Waals surface area contributed by atoms with Crippen LogP contribution in [0.25, 0.3) is 0 Å². The van der Waals surface area contributed by atoms with Crippen molar-refractivity contribution in [3.8, 4) is 0 Å². The Kier molecular flexibility index (Phi) is 3.71. The first kappa shape index (κ1) is 14.5.